The lowest BCUT2D eigenvalue weighted by molar-refractivity contribution is 0.911. The molecule has 0 radical (unpaired) electrons. The maximum absolute atomic E-state index is 4.21. The fourth-order valence-electron chi connectivity index (χ4n) is 1.87. The van der Waals surface area contributed by atoms with Crippen LogP contribution in [0.2, 0.25) is 0 Å². The molecule has 5 nitrogen and oxygen atoms in total. The zero-order valence-corrected chi connectivity index (χ0v) is 12.1. The van der Waals surface area contributed by atoms with Crippen molar-refractivity contribution < 1.29 is 0 Å². The predicted molar refractivity (Wildman–Crippen MR) is 81.1 cm³/mol. The Labute approximate surface area is 124 Å². The van der Waals surface area contributed by atoms with E-state index in [1.807, 2.05) is 42.5 Å². The van der Waals surface area contributed by atoms with Crippen LogP contribution in [-0.2, 0) is 6.54 Å². The number of aromatic amines is 1. The predicted octanol–water partition coefficient (Wildman–Crippen LogP) is 3.24. The molecular weight excluding hydrogens is 318 g/mol. The van der Waals surface area contributed by atoms with Crippen molar-refractivity contribution in [3.63, 3.8) is 0 Å². The number of rotatable bonds is 4. The van der Waals surface area contributed by atoms with E-state index in [0.29, 0.717) is 6.54 Å². The molecule has 0 unspecified atom stereocenters. The van der Waals surface area contributed by atoms with E-state index in [4.69, 9.17) is 0 Å². The number of aromatic nitrogens is 4. The maximum Gasteiger partial charge on any atom is 0.117 e. The number of nitrogens with zero attached hydrogens (tertiary/aromatic N) is 3. The molecule has 2 N–H and O–H groups in total. The summed E-state index contributed by atoms with van der Waals surface area (Å²) in [6, 6.07) is 13.8. The van der Waals surface area contributed by atoms with Gasteiger partial charge < -0.3 is 5.32 Å². The van der Waals surface area contributed by atoms with Gasteiger partial charge in [0.25, 0.3) is 0 Å². The monoisotopic (exact) mass is 329 g/mol. The number of H-pyrrole nitrogens is 1. The lowest BCUT2D eigenvalue weighted by atomic mass is 10.1. The van der Waals surface area contributed by atoms with Crippen LogP contribution in [-0.4, -0.2) is 20.4 Å². The molecule has 0 bridgehead atoms. The molecule has 3 rings (SSSR count). The third-order valence-electron chi connectivity index (χ3n) is 2.85. The number of hydrogen-bond donors (Lipinski definition) is 2. The average molecular weight is 330 g/mol. The van der Waals surface area contributed by atoms with Crippen molar-refractivity contribution >= 4 is 21.6 Å². The minimum absolute atomic E-state index is 0.587. The van der Waals surface area contributed by atoms with Gasteiger partial charge >= 0.3 is 0 Å². The molecule has 0 saturated carbocycles. The molecule has 2 aromatic heterocycles. The smallest absolute Gasteiger partial charge is 0.117 e. The number of hydrogen-bond acceptors (Lipinski definition) is 4. The van der Waals surface area contributed by atoms with Crippen LogP contribution in [0.25, 0.3) is 11.3 Å². The molecule has 0 fully saturated rings. The molecule has 3 aromatic rings. The van der Waals surface area contributed by atoms with Crippen molar-refractivity contribution in [3.8, 4) is 11.3 Å². The third-order valence-corrected chi connectivity index (χ3v) is 3.32. The lowest BCUT2D eigenvalue weighted by Gasteiger charge is -2.05. The number of benzene rings is 1. The highest BCUT2D eigenvalue weighted by Gasteiger charge is 2.09. The summed E-state index contributed by atoms with van der Waals surface area (Å²) < 4.78 is 0.814. The molecule has 0 aliphatic carbocycles. The Morgan fingerprint density at radius 3 is 2.65 bits per heavy atom. The van der Waals surface area contributed by atoms with E-state index in [9.17, 15) is 0 Å². The van der Waals surface area contributed by atoms with E-state index in [0.717, 1.165) is 27.2 Å². The summed E-state index contributed by atoms with van der Waals surface area (Å²) in [5, 5.41) is 14.4. The summed E-state index contributed by atoms with van der Waals surface area (Å²) in [6.07, 6.45) is 1.77. The first-order valence-electron chi connectivity index (χ1n) is 6.13. The van der Waals surface area contributed by atoms with Gasteiger partial charge in [0, 0.05) is 5.56 Å². The highest BCUT2D eigenvalue weighted by Crippen LogP contribution is 2.20. The molecular formula is C14H12BrN5. The van der Waals surface area contributed by atoms with E-state index in [-0.39, 0.29) is 0 Å². The van der Waals surface area contributed by atoms with E-state index >= 15 is 0 Å². The zero-order valence-electron chi connectivity index (χ0n) is 10.5. The Kier molecular flexibility index (Phi) is 3.73. The topological polar surface area (TPSA) is 66.5 Å². The lowest BCUT2D eigenvalue weighted by Crippen LogP contribution is -2.01. The van der Waals surface area contributed by atoms with Crippen LogP contribution in [0, 0.1) is 0 Å². The summed E-state index contributed by atoms with van der Waals surface area (Å²) in [4.78, 5) is 4.17. The summed E-state index contributed by atoms with van der Waals surface area (Å²) in [5.41, 5.74) is 3.73. The Bertz CT molecular complexity index is 678. The second kappa shape index (κ2) is 5.83. The molecule has 2 heterocycles. The van der Waals surface area contributed by atoms with Crippen molar-refractivity contribution in [2.45, 2.75) is 6.54 Å². The summed E-state index contributed by atoms with van der Waals surface area (Å²) in [7, 11) is 0. The maximum atomic E-state index is 4.21. The molecule has 0 aliphatic heterocycles. The van der Waals surface area contributed by atoms with Gasteiger partial charge in [-0.15, -0.1) is 0 Å². The SMILES string of the molecule is Brc1ccc(NCc2n[nH]nc2-c2ccccc2)cn1. The van der Waals surface area contributed by atoms with Gasteiger partial charge in [-0.3, -0.25) is 0 Å². The first-order chi connectivity index (χ1) is 9.83. The third kappa shape index (κ3) is 2.85. The highest BCUT2D eigenvalue weighted by molar-refractivity contribution is 9.10. The van der Waals surface area contributed by atoms with Gasteiger partial charge in [0.15, 0.2) is 0 Å². The van der Waals surface area contributed by atoms with Gasteiger partial charge in [0.2, 0.25) is 0 Å². The minimum atomic E-state index is 0.587. The number of halogens is 1. The molecule has 0 amide bonds. The second-order valence-corrected chi connectivity index (χ2v) is 5.02. The molecule has 100 valence electrons. The molecule has 20 heavy (non-hydrogen) atoms. The van der Waals surface area contributed by atoms with Gasteiger partial charge in [-0.05, 0) is 28.1 Å². The fourth-order valence-corrected chi connectivity index (χ4v) is 2.10. The first-order valence-corrected chi connectivity index (χ1v) is 6.93. The number of nitrogens with one attached hydrogen (secondary N) is 2. The first kappa shape index (κ1) is 12.8. The Balaban J connectivity index is 1.76. The van der Waals surface area contributed by atoms with Gasteiger partial charge in [0.05, 0.1) is 18.4 Å². The highest BCUT2D eigenvalue weighted by atomic mass is 79.9. The van der Waals surface area contributed by atoms with Crippen LogP contribution in [0.3, 0.4) is 0 Å². The molecule has 1 aromatic carbocycles. The van der Waals surface area contributed by atoms with Crippen LogP contribution in [0.1, 0.15) is 5.69 Å². The van der Waals surface area contributed by atoms with Gasteiger partial charge in [0.1, 0.15) is 16.0 Å². The molecule has 0 spiro atoms. The fraction of sp³-hybridized carbons (Fsp3) is 0.0714. The Morgan fingerprint density at radius 2 is 1.90 bits per heavy atom. The van der Waals surface area contributed by atoms with Crippen molar-refractivity contribution in [1.29, 1.82) is 0 Å². The number of anilines is 1. The number of pyridine rings is 1. The summed E-state index contributed by atoms with van der Waals surface area (Å²) in [6.45, 7) is 0.587. The van der Waals surface area contributed by atoms with Crippen molar-refractivity contribution in [3.05, 3.63) is 59.0 Å². The van der Waals surface area contributed by atoms with Crippen LogP contribution < -0.4 is 5.32 Å². The second-order valence-electron chi connectivity index (χ2n) is 4.21. The normalized spacial score (nSPS) is 10.4. The molecule has 6 heteroatoms. The van der Waals surface area contributed by atoms with E-state index < -0.39 is 0 Å². The Hall–Kier alpha value is -2.21. The van der Waals surface area contributed by atoms with Gasteiger partial charge in [-0.2, -0.15) is 15.4 Å². The largest absolute Gasteiger partial charge is 0.378 e. The molecule has 0 aliphatic rings. The standard InChI is InChI=1S/C14H12BrN5/c15-13-7-6-11(8-17-13)16-9-12-14(19-20-18-12)10-4-2-1-3-5-10/h1-8,16H,9H2,(H,18,19,20). The van der Waals surface area contributed by atoms with E-state index in [2.05, 4.69) is 41.6 Å². The van der Waals surface area contributed by atoms with Gasteiger partial charge in [-0.25, -0.2) is 4.98 Å². The van der Waals surface area contributed by atoms with Crippen LogP contribution in [0.15, 0.2) is 53.3 Å². The summed E-state index contributed by atoms with van der Waals surface area (Å²) >= 11 is 3.31. The Morgan fingerprint density at radius 1 is 1.05 bits per heavy atom. The quantitative estimate of drug-likeness (QED) is 0.721. The van der Waals surface area contributed by atoms with Crippen LogP contribution >= 0.6 is 15.9 Å². The van der Waals surface area contributed by atoms with Crippen molar-refractivity contribution in [2.75, 3.05) is 5.32 Å². The summed E-state index contributed by atoms with van der Waals surface area (Å²) in [5.74, 6) is 0. The molecule has 0 atom stereocenters. The van der Waals surface area contributed by atoms with Crippen LogP contribution in [0.4, 0.5) is 5.69 Å². The van der Waals surface area contributed by atoms with E-state index in [1.165, 1.54) is 0 Å². The van der Waals surface area contributed by atoms with Gasteiger partial charge in [-0.1, -0.05) is 30.3 Å². The van der Waals surface area contributed by atoms with Crippen LogP contribution in [0.5, 0.6) is 0 Å². The van der Waals surface area contributed by atoms with E-state index in [1.54, 1.807) is 6.20 Å². The zero-order chi connectivity index (χ0) is 13.8. The average Bonchev–Trinajstić information content (AvgIpc) is 2.96. The van der Waals surface area contributed by atoms with Crippen molar-refractivity contribution in [2.24, 2.45) is 0 Å². The van der Waals surface area contributed by atoms with Crippen molar-refractivity contribution in [1.82, 2.24) is 20.4 Å². The minimum Gasteiger partial charge on any atom is -0.378 e. The molecule has 0 saturated heterocycles.